The normalized spacial score (nSPS) is 14.0. The maximum atomic E-state index is 13.7. The van der Waals surface area contributed by atoms with E-state index in [9.17, 15) is 19.2 Å². The monoisotopic (exact) mass is 695 g/mol. The van der Waals surface area contributed by atoms with Gasteiger partial charge in [0, 0.05) is 61.3 Å². The second kappa shape index (κ2) is 17.1. The fourth-order valence-corrected chi connectivity index (χ4v) is 5.66. The summed E-state index contributed by atoms with van der Waals surface area (Å²) in [5.74, 6) is -0.00265. The summed E-state index contributed by atoms with van der Waals surface area (Å²) in [7, 11) is 1.52. The Hall–Kier alpha value is -5.23. The van der Waals surface area contributed by atoms with Crippen molar-refractivity contribution in [1.29, 1.82) is 0 Å². The van der Waals surface area contributed by atoms with Gasteiger partial charge in [-0.1, -0.05) is 67.0 Å². The van der Waals surface area contributed by atoms with Gasteiger partial charge < -0.3 is 19.9 Å². The van der Waals surface area contributed by atoms with E-state index in [1.807, 2.05) is 19.9 Å². The Morgan fingerprint density at radius 1 is 0.961 bits per heavy atom. The molecule has 2 amide bonds. The predicted molar refractivity (Wildman–Crippen MR) is 200 cm³/mol. The van der Waals surface area contributed by atoms with Gasteiger partial charge >= 0.3 is 0 Å². The van der Waals surface area contributed by atoms with E-state index in [4.69, 9.17) is 4.74 Å². The van der Waals surface area contributed by atoms with Crippen LogP contribution in [0.1, 0.15) is 97.2 Å². The molecule has 0 atom stereocenters. The first-order valence-corrected chi connectivity index (χ1v) is 17.5. The molecule has 12 heteroatoms. The van der Waals surface area contributed by atoms with Gasteiger partial charge in [0.2, 0.25) is 0 Å². The molecule has 1 fully saturated rings. The van der Waals surface area contributed by atoms with Crippen molar-refractivity contribution in [3.05, 3.63) is 93.2 Å². The highest BCUT2D eigenvalue weighted by molar-refractivity contribution is 6.11. The molecule has 6 rings (SSSR count). The van der Waals surface area contributed by atoms with Crippen molar-refractivity contribution in [2.75, 3.05) is 43.1 Å². The van der Waals surface area contributed by atoms with Gasteiger partial charge in [0.15, 0.2) is 6.29 Å². The smallest absolute Gasteiger partial charge is 0.290 e. The molecule has 0 aliphatic carbocycles. The average molecular weight is 696 g/mol. The lowest BCUT2D eigenvalue weighted by Crippen LogP contribution is -2.40. The fraction of sp³-hybridized carbons (Fsp3) is 0.410. The number of ether oxygens (including phenoxy) is 1. The highest BCUT2D eigenvalue weighted by Crippen LogP contribution is 2.34. The van der Waals surface area contributed by atoms with Crippen LogP contribution in [0.2, 0.25) is 0 Å². The molecular weight excluding hydrogens is 646 g/mol. The van der Waals surface area contributed by atoms with Crippen molar-refractivity contribution in [2.24, 2.45) is 7.05 Å². The van der Waals surface area contributed by atoms with Gasteiger partial charge in [-0.15, -0.1) is 0 Å². The number of morpholine rings is 1. The highest BCUT2D eigenvalue weighted by atomic mass is 16.5. The van der Waals surface area contributed by atoms with E-state index in [-0.39, 0.29) is 28.5 Å². The van der Waals surface area contributed by atoms with Gasteiger partial charge in [0.1, 0.15) is 11.5 Å². The first-order chi connectivity index (χ1) is 24.5. The topological polar surface area (TPSA) is 140 Å². The van der Waals surface area contributed by atoms with E-state index in [1.54, 1.807) is 52.4 Å². The van der Waals surface area contributed by atoms with E-state index in [2.05, 4.69) is 55.0 Å². The zero-order valence-corrected chi connectivity index (χ0v) is 30.9. The number of benzene rings is 1. The lowest BCUT2D eigenvalue weighted by atomic mass is 9.88. The number of amides is 2. The molecule has 270 valence electrons. The second-order valence-electron chi connectivity index (χ2n) is 13.1. The van der Waals surface area contributed by atoms with E-state index >= 15 is 0 Å². The summed E-state index contributed by atoms with van der Waals surface area (Å²) in [6, 6.07) is 12.0. The summed E-state index contributed by atoms with van der Waals surface area (Å²) < 4.78 is 6.50. The van der Waals surface area contributed by atoms with Gasteiger partial charge in [-0.05, 0) is 42.3 Å². The third-order valence-electron chi connectivity index (χ3n) is 8.24. The lowest BCUT2D eigenvalue weighted by molar-refractivity contribution is 0.0302. The summed E-state index contributed by atoms with van der Waals surface area (Å²) in [6.07, 6.45) is 5.67. The number of hydrogen-bond acceptors (Lipinski definition) is 9. The molecule has 2 aliphatic rings. The van der Waals surface area contributed by atoms with E-state index < -0.39 is 5.56 Å². The Kier molecular flexibility index (Phi) is 13.0. The van der Waals surface area contributed by atoms with Crippen molar-refractivity contribution < 1.29 is 19.1 Å². The largest absolute Gasteiger partial charge is 0.378 e. The third-order valence-corrected chi connectivity index (χ3v) is 8.24. The van der Waals surface area contributed by atoms with Crippen LogP contribution < -0.4 is 15.8 Å². The minimum absolute atomic E-state index is 0.132. The number of aromatic nitrogens is 4. The number of rotatable bonds is 6. The zero-order chi connectivity index (χ0) is 37.3. The molecule has 2 aliphatic heterocycles. The number of anilines is 3. The van der Waals surface area contributed by atoms with Crippen LogP contribution in [0.15, 0.2) is 59.7 Å². The van der Waals surface area contributed by atoms with Crippen LogP contribution in [0.4, 0.5) is 17.2 Å². The van der Waals surface area contributed by atoms with Crippen molar-refractivity contribution in [1.82, 2.24) is 24.6 Å². The number of carbonyl (C=O) groups excluding carboxylic acids is 3. The number of hydrogen-bond donors (Lipinski definition) is 1. The van der Waals surface area contributed by atoms with Crippen molar-refractivity contribution in [3.63, 3.8) is 0 Å². The van der Waals surface area contributed by atoms with Gasteiger partial charge in [0.25, 0.3) is 17.4 Å². The number of carbonyl (C=O) groups is 3. The number of fused-ring (bicyclic) bond motifs is 1. The molecule has 0 unspecified atom stereocenters. The van der Waals surface area contributed by atoms with Crippen LogP contribution in [0.3, 0.4) is 0 Å². The quantitative estimate of drug-likeness (QED) is 0.233. The van der Waals surface area contributed by atoms with Gasteiger partial charge in [-0.25, -0.2) is 9.67 Å². The first-order valence-electron chi connectivity index (χ1n) is 17.5. The standard InChI is InChI=1S/C34H35N7O5.C3H8.C2H6/c1-34(2,3)29-16-21-10-11-41(32(44)24(21)19-35-29)28-7-5-6-23(25(28)20-42)26-17-27(33(45)39(4)38-26)37-30-9-8-22(18-36-30)31(43)40-12-14-46-15-13-40;1-3-2;1-2/h5-9,16-20H,10-15H2,1-4H3,(H,36,37);3H2,1-2H3;1-2H3. The van der Waals surface area contributed by atoms with Crippen LogP contribution >= 0.6 is 0 Å². The summed E-state index contributed by atoms with van der Waals surface area (Å²) in [5.41, 5.74) is 3.97. The Labute approximate surface area is 299 Å². The predicted octanol–water partition coefficient (Wildman–Crippen LogP) is 6.21. The third kappa shape index (κ3) is 8.75. The number of nitrogens with zero attached hydrogens (tertiary/aromatic N) is 6. The maximum Gasteiger partial charge on any atom is 0.290 e. The minimum atomic E-state index is -0.409. The molecular formula is C39H49N7O5. The molecule has 12 nitrogen and oxygen atoms in total. The van der Waals surface area contributed by atoms with E-state index in [0.29, 0.717) is 79.4 Å². The number of pyridine rings is 2. The fourth-order valence-electron chi connectivity index (χ4n) is 5.66. The molecule has 0 saturated carbocycles. The highest BCUT2D eigenvalue weighted by Gasteiger charge is 2.30. The SMILES string of the molecule is CC.CCC.Cn1nc(-c2cccc(N3CCc4cc(C(C)(C)C)ncc4C3=O)c2C=O)cc(Nc2ccc(C(=O)N3CCOCC3)cn2)c1=O. The maximum absolute atomic E-state index is 13.7. The number of aldehydes is 1. The summed E-state index contributed by atoms with van der Waals surface area (Å²) in [6.45, 7) is 16.9. The number of nitrogens with one attached hydrogen (secondary N) is 1. The summed E-state index contributed by atoms with van der Waals surface area (Å²) >= 11 is 0. The van der Waals surface area contributed by atoms with E-state index in [1.165, 1.54) is 24.3 Å². The Balaban J connectivity index is 0.00000111. The molecule has 0 spiro atoms. The Morgan fingerprint density at radius 3 is 2.29 bits per heavy atom. The van der Waals surface area contributed by atoms with Crippen LogP contribution in [0.5, 0.6) is 0 Å². The van der Waals surface area contributed by atoms with Crippen LogP contribution in [0.25, 0.3) is 11.3 Å². The van der Waals surface area contributed by atoms with Crippen LogP contribution in [-0.2, 0) is 23.6 Å². The van der Waals surface area contributed by atoms with Gasteiger partial charge in [-0.3, -0.25) is 24.2 Å². The van der Waals surface area contributed by atoms with Crippen LogP contribution in [-0.4, -0.2) is 75.6 Å². The molecule has 51 heavy (non-hydrogen) atoms. The van der Waals surface area contributed by atoms with Crippen molar-refractivity contribution >= 4 is 35.3 Å². The Morgan fingerprint density at radius 2 is 1.67 bits per heavy atom. The molecule has 1 aromatic carbocycles. The van der Waals surface area contributed by atoms with Gasteiger partial charge in [0.05, 0.1) is 35.7 Å². The van der Waals surface area contributed by atoms with Gasteiger partial charge in [-0.2, -0.15) is 5.10 Å². The average Bonchev–Trinajstić information content (AvgIpc) is 3.14. The lowest BCUT2D eigenvalue weighted by Gasteiger charge is -2.31. The molecule has 5 heterocycles. The molecule has 3 aromatic heterocycles. The molecule has 0 radical (unpaired) electrons. The van der Waals surface area contributed by atoms with Crippen LogP contribution in [0, 0.1) is 0 Å². The summed E-state index contributed by atoms with van der Waals surface area (Å²) in [4.78, 5) is 64.3. The number of aryl methyl sites for hydroxylation is 1. The minimum Gasteiger partial charge on any atom is -0.378 e. The van der Waals surface area contributed by atoms with Crippen molar-refractivity contribution in [3.8, 4) is 11.3 Å². The molecule has 4 aromatic rings. The molecule has 1 N–H and O–H groups in total. The summed E-state index contributed by atoms with van der Waals surface area (Å²) in [5, 5.41) is 7.46. The first kappa shape index (κ1) is 38.6. The van der Waals surface area contributed by atoms with E-state index in [0.717, 1.165) is 11.3 Å². The second-order valence-corrected chi connectivity index (χ2v) is 13.1. The molecule has 0 bridgehead atoms. The van der Waals surface area contributed by atoms with Crippen molar-refractivity contribution in [2.45, 2.75) is 66.7 Å². The molecule has 1 saturated heterocycles. The zero-order valence-electron chi connectivity index (χ0n) is 30.9. The Bertz CT molecular complexity index is 1910.